The van der Waals surface area contributed by atoms with Gasteiger partial charge in [0.2, 0.25) is 0 Å². The third-order valence-electron chi connectivity index (χ3n) is 3.39. The van der Waals surface area contributed by atoms with Gasteiger partial charge >= 0.3 is 0 Å². The van der Waals surface area contributed by atoms with E-state index in [1.165, 1.54) is 0 Å². The van der Waals surface area contributed by atoms with Gasteiger partial charge < -0.3 is 9.47 Å². The Morgan fingerprint density at radius 3 is 2.80 bits per heavy atom. The van der Waals surface area contributed by atoms with Crippen molar-refractivity contribution in [3.63, 3.8) is 0 Å². The Balaban J connectivity index is 2.01. The summed E-state index contributed by atoms with van der Waals surface area (Å²) in [6.45, 7) is 0.731. The van der Waals surface area contributed by atoms with E-state index in [1.807, 2.05) is 61.5 Å². The molecule has 0 aliphatic carbocycles. The summed E-state index contributed by atoms with van der Waals surface area (Å²) < 4.78 is 2.02. The average molecular weight is 287 g/mol. The molecule has 0 fully saturated rings. The van der Waals surface area contributed by atoms with Crippen molar-refractivity contribution in [3.8, 4) is 0 Å². The van der Waals surface area contributed by atoms with Crippen LogP contribution in [0.2, 0.25) is 5.02 Å². The summed E-state index contributed by atoms with van der Waals surface area (Å²) in [4.78, 5) is 10.9. The van der Waals surface area contributed by atoms with Crippen molar-refractivity contribution in [1.82, 2.24) is 14.5 Å². The summed E-state index contributed by atoms with van der Waals surface area (Å²) in [6, 6.07) is 7.75. The smallest absolute Gasteiger partial charge is 0.127 e. The highest BCUT2D eigenvalue weighted by molar-refractivity contribution is 6.31. The Bertz CT molecular complexity index is 750. The minimum atomic E-state index is 0.720. The monoisotopic (exact) mass is 286 g/mol. The standard InChI is InChI=1S/C15H15ClN4/c1-19-8-7-18-15(19)10-20(2)14-5-6-17-13-4-3-11(16)9-12(13)14/h3-9H,10H2,1-2H3. The van der Waals surface area contributed by atoms with Crippen LogP contribution in [0.15, 0.2) is 42.9 Å². The quantitative estimate of drug-likeness (QED) is 0.741. The van der Waals surface area contributed by atoms with Crippen LogP contribution in [0.4, 0.5) is 5.69 Å². The van der Waals surface area contributed by atoms with E-state index in [9.17, 15) is 0 Å². The van der Waals surface area contributed by atoms with Gasteiger partial charge in [-0.1, -0.05) is 11.6 Å². The molecular formula is C15H15ClN4. The molecule has 102 valence electrons. The first-order chi connectivity index (χ1) is 9.65. The van der Waals surface area contributed by atoms with Crippen LogP contribution in [0.5, 0.6) is 0 Å². The van der Waals surface area contributed by atoms with Crippen LogP contribution in [0.25, 0.3) is 10.9 Å². The van der Waals surface area contributed by atoms with Gasteiger partial charge in [-0.25, -0.2) is 4.98 Å². The number of imidazole rings is 1. The van der Waals surface area contributed by atoms with Crippen LogP contribution in [0.3, 0.4) is 0 Å². The van der Waals surface area contributed by atoms with Gasteiger partial charge in [0.05, 0.1) is 12.1 Å². The van der Waals surface area contributed by atoms with Gasteiger partial charge in [0, 0.05) is 48.8 Å². The van der Waals surface area contributed by atoms with E-state index < -0.39 is 0 Å². The maximum absolute atomic E-state index is 6.10. The van der Waals surface area contributed by atoms with E-state index in [0.29, 0.717) is 0 Å². The highest BCUT2D eigenvalue weighted by atomic mass is 35.5. The largest absolute Gasteiger partial charge is 0.367 e. The minimum absolute atomic E-state index is 0.720. The molecule has 0 unspecified atom stereocenters. The maximum Gasteiger partial charge on any atom is 0.127 e. The van der Waals surface area contributed by atoms with E-state index in [2.05, 4.69) is 14.9 Å². The van der Waals surface area contributed by atoms with Gasteiger partial charge in [-0.2, -0.15) is 0 Å². The number of pyridine rings is 1. The molecule has 3 rings (SSSR count). The highest BCUT2D eigenvalue weighted by Gasteiger charge is 2.10. The molecular weight excluding hydrogens is 272 g/mol. The van der Waals surface area contributed by atoms with E-state index in [-0.39, 0.29) is 0 Å². The van der Waals surface area contributed by atoms with Crippen LogP contribution in [0, 0.1) is 0 Å². The number of benzene rings is 1. The number of halogens is 1. The van der Waals surface area contributed by atoms with Crippen LogP contribution in [-0.2, 0) is 13.6 Å². The Hall–Kier alpha value is -2.07. The first-order valence-corrected chi connectivity index (χ1v) is 6.74. The SMILES string of the molecule is CN(Cc1nccn1C)c1ccnc2ccc(Cl)cc12. The summed E-state index contributed by atoms with van der Waals surface area (Å²) in [5, 5.41) is 1.77. The number of fused-ring (bicyclic) bond motifs is 1. The van der Waals surface area contributed by atoms with Gasteiger partial charge in [-0.15, -0.1) is 0 Å². The summed E-state index contributed by atoms with van der Waals surface area (Å²) in [6.07, 6.45) is 5.58. The van der Waals surface area contributed by atoms with Crippen molar-refractivity contribution in [2.75, 3.05) is 11.9 Å². The van der Waals surface area contributed by atoms with Crippen LogP contribution in [0.1, 0.15) is 5.82 Å². The average Bonchev–Trinajstić information content (AvgIpc) is 2.83. The topological polar surface area (TPSA) is 34.0 Å². The Labute approximate surface area is 122 Å². The van der Waals surface area contributed by atoms with E-state index in [0.717, 1.165) is 34.0 Å². The number of hydrogen-bond donors (Lipinski definition) is 0. The van der Waals surface area contributed by atoms with Gasteiger partial charge in [0.25, 0.3) is 0 Å². The molecule has 0 spiro atoms. The third kappa shape index (κ3) is 2.34. The molecule has 2 aromatic heterocycles. The number of aryl methyl sites for hydroxylation is 1. The predicted molar refractivity (Wildman–Crippen MR) is 82.1 cm³/mol. The molecule has 4 nitrogen and oxygen atoms in total. The summed E-state index contributed by atoms with van der Waals surface area (Å²) in [7, 11) is 4.04. The molecule has 3 aromatic rings. The molecule has 0 radical (unpaired) electrons. The Morgan fingerprint density at radius 1 is 1.20 bits per heavy atom. The van der Waals surface area contributed by atoms with Crippen LogP contribution < -0.4 is 4.90 Å². The number of nitrogens with zero attached hydrogens (tertiary/aromatic N) is 4. The van der Waals surface area contributed by atoms with Crippen molar-refractivity contribution in [2.24, 2.45) is 7.05 Å². The molecule has 0 N–H and O–H groups in total. The first kappa shape index (κ1) is 12.9. The second kappa shape index (κ2) is 5.13. The molecule has 0 aliphatic rings. The molecule has 5 heteroatoms. The van der Waals surface area contributed by atoms with Gasteiger partial charge in [0.15, 0.2) is 0 Å². The Kier molecular flexibility index (Phi) is 3.32. The molecule has 0 saturated carbocycles. The summed E-state index contributed by atoms with van der Waals surface area (Å²) in [5.74, 6) is 1.01. The van der Waals surface area contributed by atoms with E-state index in [1.54, 1.807) is 0 Å². The molecule has 0 atom stereocenters. The third-order valence-corrected chi connectivity index (χ3v) is 3.63. The zero-order valence-corrected chi connectivity index (χ0v) is 12.2. The van der Waals surface area contributed by atoms with Crippen molar-refractivity contribution in [1.29, 1.82) is 0 Å². The Morgan fingerprint density at radius 2 is 2.05 bits per heavy atom. The normalized spacial score (nSPS) is 10.9. The number of hydrogen-bond acceptors (Lipinski definition) is 3. The molecule has 0 saturated heterocycles. The molecule has 0 bridgehead atoms. The van der Waals surface area contributed by atoms with Gasteiger partial charge in [0.1, 0.15) is 5.82 Å². The lowest BCUT2D eigenvalue weighted by Gasteiger charge is -2.20. The zero-order chi connectivity index (χ0) is 14.1. The predicted octanol–water partition coefficient (Wildman–Crippen LogP) is 3.26. The van der Waals surface area contributed by atoms with E-state index in [4.69, 9.17) is 11.6 Å². The van der Waals surface area contributed by atoms with Gasteiger partial charge in [-0.05, 0) is 24.3 Å². The molecule has 2 heterocycles. The lowest BCUT2D eigenvalue weighted by molar-refractivity contribution is 0.763. The second-order valence-electron chi connectivity index (χ2n) is 4.80. The fourth-order valence-electron chi connectivity index (χ4n) is 2.28. The fraction of sp³-hybridized carbons (Fsp3) is 0.200. The fourth-order valence-corrected chi connectivity index (χ4v) is 2.46. The molecule has 20 heavy (non-hydrogen) atoms. The number of anilines is 1. The summed E-state index contributed by atoms with van der Waals surface area (Å²) in [5.41, 5.74) is 2.04. The lowest BCUT2D eigenvalue weighted by Crippen LogP contribution is -2.19. The van der Waals surface area contributed by atoms with Crippen LogP contribution >= 0.6 is 11.6 Å². The van der Waals surface area contributed by atoms with Crippen molar-refractivity contribution in [2.45, 2.75) is 6.54 Å². The second-order valence-corrected chi connectivity index (χ2v) is 5.24. The lowest BCUT2D eigenvalue weighted by atomic mass is 10.1. The van der Waals surface area contributed by atoms with E-state index >= 15 is 0 Å². The highest BCUT2D eigenvalue weighted by Crippen LogP contribution is 2.27. The molecule has 0 aliphatic heterocycles. The number of rotatable bonds is 3. The van der Waals surface area contributed by atoms with Crippen molar-refractivity contribution < 1.29 is 0 Å². The van der Waals surface area contributed by atoms with Crippen molar-refractivity contribution >= 4 is 28.2 Å². The summed E-state index contributed by atoms with van der Waals surface area (Å²) >= 11 is 6.10. The van der Waals surface area contributed by atoms with Gasteiger partial charge in [-0.3, -0.25) is 4.98 Å². The molecule has 1 aromatic carbocycles. The van der Waals surface area contributed by atoms with Crippen LogP contribution in [-0.4, -0.2) is 21.6 Å². The molecule has 0 amide bonds. The number of aromatic nitrogens is 3. The zero-order valence-electron chi connectivity index (χ0n) is 11.4. The maximum atomic E-state index is 6.10. The first-order valence-electron chi connectivity index (χ1n) is 6.37. The van der Waals surface area contributed by atoms with Crippen molar-refractivity contribution in [3.05, 3.63) is 53.7 Å². The minimum Gasteiger partial charge on any atom is -0.367 e.